The van der Waals surface area contributed by atoms with Gasteiger partial charge in [0.1, 0.15) is 6.61 Å². The van der Waals surface area contributed by atoms with E-state index in [0.717, 1.165) is 0 Å². The van der Waals surface area contributed by atoms with E-state index in [9.17, 15) is 9.59 Å². The second kappa shape index (κ2) is 8.59. The molecule has 0 aromatic heterocycles. The van der Waals surface area contributed by atoms with E-state index in [1.54, 1.807) is 18.2 Å². The van der Waals surface area contributed by atoms with Gasteiger partial charge in [0.05, 0.1) is 23.9 Å². The van der Waals surface area contributed by atoms with Crippen LogP contribution in [0, 0.1) is 0 Å². The van der Waals surface area contributed by atoms with Gasteiger partial charge in [-0.3, -0.25) is 9.69 Å². The Balaban J connectivity index is 1.94. The molecule has 0 spiro atoms. The lowest BCUT2D eigenvalue weighted by atomic mass is 10.3. The van der Waals surface area contributed by atoms with E-state index < -0.39 is 0 Å². The Hall–Kier alpha value is -1.99. The fourth-order valence-corrected chi connectivity index (χ4v) is 2.35. The van der Waals surface area contributed by atoms with Crippen molar-refractivity contribution in [3.8, 4) is 5.75 Å². The average Bonchev–Trinajstić information content (AvgIpc) is 2.97. The number of carbonyl (C=O) groups is 2. The molecule has 3 amide bonds. The highest BCUT2D eigenvalue weighted by Crippen LogP contribution is 2.32. The minimum atomic E-state index is -0.365. The van der Waals surface area contributed by atoms with Crippen LogP contribution in [-0.2, 0) is 9.53 Å². The van der Waals surface area contributed by atoms with Gasteiger partial charge in [0.25, 0.3) is 0 Å². The number of nitrogens with zero attached hydrogens (tertiary/aromatic N) is 1. The van der Waals surface area contributed by atoms with Crippen molar-refractivity contribution in [1.82, 2.24) is 10.2 Å². The lowest BCUT2D eigenvalue weighted by Crippen LogP contribution is -2.38. The zero-order chi connectivity index (χ0) is 16.7. The van der Waals surface area contributed by atoms with Crippen molar-refractivity contribution in [2.45, 2.75) is 6.92 Å². The predicted octanol–water partition coefficient (Wildman–Crippen LogP) is 1.72. The summed E-state index contributed by atoms with van der Waals surface area (Å²) in [5.74, 6) is 0.160. The first-order valence-electron chi connectivity index (χ1n) is 7.44. The molecule has 1 heterocycles. The van der Waals surface area contributed by atoms with Crippen molar-refractivity contribution in [3.05, 3.63) is 23.2 Å². The molecule has 1 aliphatic heterocycles. The van der Waals surface area contributed by atoms with Crippen LogP contribution in [0.3, 0.4) is 0 Å². The summed E-state index contributed by atoms with van der Waals surface area (Å²) >= 11 is 6.14. The standard InChI is InChI=1S/C15H20ClN3O4/c1-2-22-8-9-23-14-11(16)4-3-5-12(14)18-10-13(20)19-7-6-17-15(19)21/h3-5,18H,2,6-10H2,1H3,(H,17,21). The first-order valence-corrected chi connectivity index (χ1v) is 7.82. The summed E-state index contributed by atoms with van der Waals surface area (Å²) < 4.78 is 10.8. The molecule has 1 aromatic carbocycles. The van der Waals surface area contributed by atoms with Crippen molar-refractivity contribution in [2.24, 2.45) is 0 Å². The van der Waals surface area contributed by atoms with Crippen LogP contribution in [0.4, 0.5) is 10.5 Å². The lowest BCUT2D eigenvalue weighted by Gasteiger charge is -2.16. The number of para-hydroxylation sites is 1. The predicted molar refractivity (Wildman–Crippen MR) is 87.0 cm³/mol. The van der Waals surface area contributed by atoms with Crippen LogP contribution in [-0.4, -0.2) is 56.3 Å². The van der Waals surface area contributed by atoms with Crippen LogP contribution in [0.15, 0.2) is 18.2 Å². The summed E-state index contributed by atoms with van der Waals surface area (Å²) in [7, 11) is 0. The third kappa shape index (κ3) is 4.74. The Morgan fingerprint density at radius 2 is 2.26 bits per heavy atom. The third-order valence-electron chi connectivity index (χ3n) is 3.23. The fraction of sp³-hybridized carbons (Fsp3) is 0.467. The summed E-state index contributed by atoms with van der Waals surface area (Å²) in [5.41, 5.74) is 0.599. The fourth-order valence-electron chi connectivity index (χ4n) is 2.12. The van der Waals surface area contributed by atoms with Gasteiger partial charge in [0, 0.05) is 19.7 Å². The smallest absolute Gasteiger partial charge is 0.324 e. The second-order valence-corrected chi connectivity index (χ2v) is 5.20. The van der Waals surface area contributed by atoms with Gasteiger partial charge in [-0.25, -0.2) is 4.79 Å². The number of urea groups is 1. The van der Waals surface area contributed by atoms with Gasteiger partial charge in [-0.1, -0.05) is 17.7 Å². The number of carbonyl (C=O) groups excluding carboxylic acids is 2. The molecule has 0 aliphatic carbocycles. The summed E-state index contributed by atoms with van der Waals surface area (Å²) in [5, 5.41) is 6.00. The molecule has 8 heteroatoms. The number of rotatable bonds is 8. The maximum Gasteiger partial charge on any atom is 0.324 e. The molecule has 1 fully saturated rings. The molecule has 0 radical (unpaired) electrons. The molecule has 126 valence electrons. The van der Waals surface area contributed by atoms with E-state index in [-0.39, 0.29) is 18.5 Å². The van der Waals surface area contributed by atoms with Crippen molar-refractivity contribution >= 4 is 29.2 Å². The summed E-state index contributed by atoms with van der Waals surface area (Å²) in [6.45, 7) is 4.17. The average molecular weight is 342 g/mol. The van der Waals surface area contributed by atoms with E-state index >= 15 is 0 Å². The molecular formula is C15H20ClN3O4. The van der Waals surface area contributed by atoms with Crippen LogP contribution < -0.4 is 15.4 Å². The van der Waals surface area contributed by atoms with E-state index in [2.05, 4.69) is 10.6 Å². The number of nitrogens with one attached hydrogen (secondary N) is 2. The quantitative estimate of drug-likeness (QED) is 0.704. The monoisotopic (exact) mass is 341 g/mol. The molecule has 0 unspecified atom stereocenters. The van der Waals surface area contributed by atoms with Gasteiger partial charge in [-0.2, -0.15) is 0 Å². The van der Waals surface area contributed by atoms with Crippen LogP contribution >= 0.6 is 11.6 Å². The molecular weight excluding hydrogens is 322 g/mol. The number of amides is 3. The van der Waals surface area contributed by atoms with Crippen molar-refractivity contribution in [3.63, 3.8) is 0 Å². The highest BCUT2D eigenvalue weighted by molar-refractivity contribution is 6.32. The highest BCUT2D eigenvalue weighted by Gasteiger charge is 2.25. The molecule has 2 N–H and O–H groups in total. The Kier molecular flexibility index (Phi) is 6.49. The first-order chi connectivity index (χ1) is 11.1. The Labute approximate surface area is 139 Å². The number of halogens is 1. The number of hydrogen-bond acceptors (Lipinski definition) is 5. The zero-order valence-electron chi connectivity index (χ0n) is 12.9. The topological polar surface area (TPSA) is 79.9 Å². The maximum absolute atomic E-state index is 12.0. The summed E-state index contributed by atoms with van der Waals surface area (Å²) in [4.78, 5) is 24.7. The van der Waals surface area contributed by atoms with Crippen LogP contribution in [0.5, 0.6) is 5.75 Å². The molecule has 23 heavy (non-hydrogen) atoms. The zero-order valence-corrected chi connectivity index (χ0v) is 13.7. The normalized spacial score (nSPS) is 13.8. The third-order valence-corrected chi connectivity index (χ3v) is 3.53. The van der Waals surface area contributed by atoms with E-state index in [1.165, 1.54) is 4.90 Å². The lowest BCUT2D eigenvalue weighted by molar-refractivity contribution is -0.125. The first kappa shape index (κ1) is 17.4. The molecule has 7 nitrogen and oxygen atoms in total. The number of ether oxygens (including phenoxy) is 2. The molecule has 1 aliphatic rings. The van der Waals surface area contributed by atoms with Crippen LogP contribution in [0.25, 0.3) is 0 Å². The molecule has 0 atom stereocenters. The number of anilines is 1. The minimum Gasteiger partial charge on any atom is -0.487 e. The number of hydrogen-bond donors (Lipinski definition) is 2. The Morgan fingerprint density at radius 3 is 2.96 bits per heavy atom. The van der Waals surface area contributed by atoms with Gasteiger partial charge in [-0.05, 0) is 19.1 Å². The SMILES string of the molecule is CCOCCOc1c(Cl)cccc1NCC(=O)N1CCNC1=O. The van der Waals surface area contributed by atoms with Crippen molar-refractivity contribution in [1.29, 1.82) is 0 Å². The van der Waals surface area contributed by atoms with Gasteiger partial charge in [-0.15, -0.1) is 0 Å². The van der Waals surface area contributed by atoms with Crippen molar-refractivity contribution < 1.29 is 19.1 Å². The van der Waals surface area contributed by atoms with Gasteiger partial charge in [0.2, 0.25) is 5.91 Å². The molecule has 1 aromatic rings. The Morgan fingerprint density at radius 1 is 1.43 bits per heavy atom. The second-order valence-electron chi connectivity index (χ2n) is 4.79. The summed E-state index contributed by atoms with van der Waals surface area (Å²) in [6.07, 6.45) is 0. The van der Waals surface area contributed by atoms with E-state index in [0.29, 0.717) is 49.4 Å². The molecule has 2 rings (SSSR count). The highest BCUT2D eigenvalue weighted by atomic mass is 35.5. The maximum atomic E-state index is 12.0. The minimum absolute atomic E-state index is 0.0183. The largest absolute Gasteiger partial charge is 0.487 e. The van der Waals surface area contributed by atoms with E-state index in [1.807, 2.05) is 6.92 Å². The van der Waals surface area contributed by atoms with Crippen LogP contribution in [0.1, 0.15) is 6.92 Å². The van der Waals surface area contributed by atoms with Crippen LogP contribution in [0.2, 0.25) is 5.02 Å². The molecule has 1 saturated heterocycles. The van der Waals surface area contributed by atoms with Gasteiger partial charge in [0.15, 0.2) is 5.75 Å². The van der Waals surface area contributed by atoms with Gasteiger partial charge >= 0.3 is 6.03 Å². The van der Waals surface area contributed by atoms with E-state index in [4.69, 9.17) is 21.1 Å². The molecule has 0 bridgehead atoms. The summed E-state index contributed by atoms with van der Waals surface area (Å²) in [6, 6.07) is 4.86. The number of benzene rings is 1. The number of imide groups is 1. The molecule has 0 saturated carbocycles. The van der Waals surface area contributed by atoms with Crippen molar-refractivity contribution in [2.75, 3.05) is 44.8 Å². The Bertz CT molecular complexity index is 568. The van der Waals surface area contributed by atoms with Gasteiger partial charge < -0.3 is 20.1 Å².